The zero-order chi connectivity index (χ0) is 17.3. The number of alkyl halides is 3. The van der Waals surface area contributed by atoms with E-state index in [1.807, 2.05) is 0 Å². The highest BCUT2D eigenvalue weighted by atomic mass is 35.5. The Bertz CT molecular complexity index is 737. The Morgan fingerprint density at radius 2 is 1.79 bits per heavy atom. The van der Waals surface area contributed by atoms with Crippen molar-refractivity contribution in [1.29, 1.82) is 0 Å². The zero-order valence-corrected chi connectivity index (χ0v) is 13.1. The summed E-state index contributed by atoms with van der Waals surface area (Å²) in [5.41, 5.74) is -1.39. The van der Waals surface area contributed by atoms with Crippen molar-refractivity contribution in [3.05, 3.63) is 46.7 Å². The molecule has 1 aromatic carbocycles. The van der Waals surface area contributed by atoms with Gasteiger partial charge in [-0.1, -0.05) is 11.6 Å². The van der Waals surface area contributed by atoms with Crippen molar-refractivity contribution in [3.63, 3.8) is 0 Å². The van der Waals surface area contributed by atoms with Gasteiger partial charge in [0.05, 0.1) is 30.7 Å². The van der Waals surface area contributed by atoms with E-state index < -0.39 is 23.3 Å². The average molecular weight is 360 g/mol. The number of halogens is 4. The highest BCUT2D eigenvalue weighted by molar-refractivity contribution is 6.30. The van der Waals surface area contributed by atoms with Crippen molar-refractivity contribution in [3.8, 4) is 5.69 Å². The van der Waals surface area contributed by atoms with Crippen LogP contribution in [0.5, 0.6) is 0 Å². The van der Waals surface area contributed by atoms with Crippen molar-refractivity contribution >= 4 is 17.5 Å². The van der Waals surface area contributed by atoms with Gasteiger partial charge >= 0.3 is 6.18 Å². The number of nitrogens with zero attached hydrogens (tertiary/aromatic N) is 3. The number of hydrogen-bond donors (Lipinski definition) is 0. The minimum absolute atomic E-state index is 0.174. The van der Waals surface area contributed by atoms with E-state index in [9.17, 15) is 18.0 Å². The first-order chi connectivity index (χ1) is 11.4. The second-order valence-electron chi connectivity index (χ2n) is 5.20. The summed E-state index contributed by atoms with van der Waals surface area (Å²) < 4.78 is 46.5. The van der Waals surface area contributed by atoms with E-state index in [0.29, 0.717) is 22.9 Å². The van der Waals surface area contributed by atoms with Gasteiger partial charge in [0.2, 0.25) is 0 Å². The molecule has 1 aliphatic heterocycles. The Kier molecular flexibility index (Phi) is 4.51. The summed E-state index contributed by atoms with van der Waals surface area (Å²) >= 11 is 5.76. The Morgan fingerprint density at radius 3 is 2.38 bits per heavy atom. The summed E-state index contributed by atoms with van der Waals surface area (Å²) in [6.07, 6.45) is -3.78. The molecule has 0 atom stereocenters. The van der Waals surface area contributed by atoms with E-state index in [1.165, 1.54) is 29.2 Å². The number of hydrogen-bond acceptors (Lipinski definition) is 3. The van der Waals surface area contributed by atoms with Gasteiger partial charge in [0.15, 0.2) is 5.69 Å². The molecule has 5 nitrogen and oxygen atoms in total. The fourth-order valence-corrected chi connectivity index (χ4v) is 2.62. The molecule has 0 bridgehead atoms. The van der Waals surface area contributed by atoms with Crippen LogP contribution in [0.3, 0.4) is 0 Å². The Morgan fingerprint density at radius 1 is 1.17 bits per heavy atom. The maximum atomic E-state index is 13.6. The molecule has 24 heavy (non-hydrogen) atoms. The van der Waals surface area contributed by atoms with Crippen molar-refractivity contribution in [2.24, 2.45) is 0 Å². The van der Waals surface area contributed by atoms with Crippen LogP contribution in [0.15, 0.2) is 30.5 Å². The summed E-state index contributed by atoms with van der Waals surface area (Å²) in [7, 11) is 0. The molecule has 2 heterocycles. The first-order valence-electron chi connectivity index (χ1n) is 7.16. The smallest absolute Gasteiger partial charge is 0.378 e. The number of carbonyl (C=O) groups excluding carboxylic acids is 1. The maximum Gasteiger partial charge on any atom is 0.434 e. The number of morpholine rings is 1. The largest absolute Gasteiger partial charge is 0.434 e. The Hall–Kier alpha value is -2.06. The molecule has 0 N–H and O–H groups in total. The van der Waals surface area contributed by atoms with Gasteiger partial charge in [0.1, 0.15) is 0 Å². The van der Waals surface area contributed by atoms with Crippen molar-refractivity contribution in [1.82, 2.24) is 14.7 Å². The molecule has 128 valence electrons. The third-order valence-electron chi connectivity index (χ3n) is 3.64. The lowest BCUT2D eigenvalue weighted by Gasteiger charge is -2.27. The minimum atomic E-state index is -4.73. The van der Waals surface area contributed by atoms with Crippen molar-refractivity contribution in [2.45, 2.75) is 6.18 Å². The lowest BCUT2D eigenvalue weighted by Crippen LogP contribution is -2.41. The van der Waals surface area contributed by atoms with Crippen LogP contribution in [0.2, 0.25) is 5.02 Å². The van der Waals surface area contributed by atoms with E-state index in [2.05, 4.69) is 5.10 Å². The van der Waals surface area contributed by atoms with E-state index in [1.54, 1.807) is 0 Å². The number of rotatable bonds is 2. The summed E-state index contributed by atoms with van der Waals surface area (Å²) in [5.74, 6) is -0.703. The SMILES string of the molecule is O=C(c1cnn(-c2ccc(Cl)cc2)c1C(F)(F)F)N1CCOCC1. The fraction of sp³-hybridized carbons (Fsp3) is 0.333. The predicted molar refractivity (Wildman–Crippen MR) is 80.3 cm³/mol. The first kappa shape index (κ1) is 16.8. The number of benzene rings is 1. The molecule has 1 aliphatic rings. The van der Waals surface area contributed by atoms with Gasteiger partial charge < -0.3 is 9.64 Å². The first-order valence-corrected chi connectivity index (χ1v) is 7.54. The van der Waals surface area contributed by atoms with Gasteiger partial charge in [-0.2, -0.15) is 18.3 Å². The van der Waals surface area contributed by atoms with E-state index in [-0.39, 0.29) is 18.8 Å². The van der Waals surface area contributed by atoms with Crippen LogP contribution in [0.1, 0.15) is 16.1 Å². The second kappa shape index (κ2) is 6.45. The quantitative estimate of drug-likeness (QED) is 0.828. The molecule has 9 heteroatoms. The molecule has 0 unspecified atom stereocenters. The van der Waals surface area contributed by atoms with Gasteiger partial charge in [0.25, 0.3) is 5.91 Å². The average Bonchev–Trinajstić information content (AvgIpc) is 3.01. The van der Waals surface area contributed by atoms with E-state index in [0.717, 1.165) is 6.20 Å². The zero-order valence-electron chi connectivity index (χ0n) is 12.4. The molecule has 0 aliphatic carbocycles. The number of ether oxygens (including phenoxy) is 1. The van der Waals surface area contributed by atoms with Crippen LogP contribution in [0, 0.1) is 0 Å². The highest BCUT2D eigenvalue weighted by Gasteiger charge is 2.41. The molecule has 2 aromatic rings. The van der Waals surface area contributed by atoms with E-state index >= 15 is 0 Å². The number of amides is 1. The Balaban J connectivity index is 2.04. The van der Waals surface area contributed by atoms with Crippen LogP contribution < -0.4 is 0 Å². The molecule has 1 fully saturated rings. The molecule has 3 rings (SSSR count). The van der Waals surface area contributed by atoms with Gasteiger partial charge in [-0.05, 0) is 24.3 Å². The second-order valence-corrected chi connectivity index (χ2v) is 5.63. The lowest BCUT2D eigenvalue weighted by atomic mass is 10.2. The van der Waals surface area contributed by atoms with Crippen molar-refractivity contribution in [2.75, 3.05) is 26.3 Å². The van der Waals surface area contributed by atoms with Crippen molar-refractivity contribution < 1.29 is 22.7 Å². The van der Waals surface area contributed by atoms with Crippen LogP contribution in [-0.4, -0.2) is 46.9 Å². The highest BCUT2D eigenvalue weighted by Crippen LogP contribution is 2.34. The molecule has 0 spiro atoms. The molecule has 0 radical (unpaired) electrons. The fourth-order valence-electron chi connectivity index (χ4n) is 2.49. The molecule has 1 amide bonds. The summed E-state index contributed by atoms with van der Waals surface area (Å²) in [6.45, 7) is 1.11. The molecular formula is C15H13ClF3N3O2. The number of carbonyl (C=O) groups is 1. The molecular weight excluding hydrogens is 347 g/mol. The Labute approximate surface area is 140 Å². The van der Waals surface area contributed by atoms with Crippen LogP contribution in [0.4, 0.5) is 13.2 Å². The van der Waals surface area contributed by atoms with Gasteiger partial charge in [-0.15, -0.1) is 0 Å². The molecule has 1 saturated heterocycles. The standard InChI is InChI=1S/C15H13ClF3N3O2/c16-10-1-3-11(4-2-10)22-13(15(17,18)19)12(9-20-22)14(23)21-5-7-24-8-6-21/h1-4,9H,5-8H2. The predicted octanol–water partition coefficient (Wildman–Crippen LogP) is 3.02. The maximum absolute atomic E-state index is 13.6. The summed E-state index contributed by atoms with van der Waals surface area (Å²) in [6, 6.07) is 5.74. The van der Waals surface area contributed by atoms with Gasteiger partial charge in [-0.3, -0.25) is 4.79 Å². The van der Waals surface area contributed by atoms with Gasteiger partial charge in [-0.25, -0.2) is 4.68 Å². The van der Waals surface area contributed by atoms with E-state index in [4.69, 9.17) is 16.3 Å². The summed E-state index contributed by atoms with van der Waals surface area (Å²) in [4.78, 5) is 13.8. The molecule has 0 saturated carbocycles. The van der Waals surface area contributed by atoms with Gasteiger partial charge in [0, 0.05) is 18.1 Å². The molecule has 1 aromatic heterocycles. The van der Waals surface area contributed by atoms with Crippen LogP contribution >= 0.6 is 11.6 Å². The monoisotopic (exact) mass is 359 g/mol. The normalized spacial score (nSPS) is 15.6. The summed E-state index contributed by atoms with van der Waals surface area (Å²) in [5, 5.41) is 4.17. The third-order valence-corrected chi connectivity index (χ3v) is 3.89. The third kappa shape index (κ3) is 3.25. The number of aromatic nitrogens is 2. The van der Waals surface area contributed by atoms with Crippen LogP contribution in [0.25, 0.3) is 5.69 Å². The van der Waals surface area contributed by atoms with Crippen LogP contribution in [-0.2, 0) is 10.9 Å². The topological polar surface area (TPSA) is 47.4 Å². The lowest BCUT2D eigenvalue weighted by molar-refractivity contribution is -0.143. The minimum Gasteiger partial charge on any atom is -0.378 e.